The molecule has 2 aliphatic rings. The molecule has 2 aromatic rings. The van der Waals surface area contributed by atoms with Crippen LogP contribution in [0.4, 0.5) is 5.69 Å². The number of hydrogen-bond donors (Lipinski definition) is 0. The van der Waals surface area contributed by atoms with Crippen LogP contribution >= 0.6 is 0 Å². The third-order valence-corrected chi connectivity index (χ3v) is 6.38. The monoisotopic (exact) mass is 358 g/mol. The van der Waals surface area contributed by atoms with Gasteiger partial charge in [-0.2, -0.15) is 0 Å². The molecule has 0 radical (unpaired) electrons. The standard InChI is InChI=1S/C18H18N2O4S/c21-18(19-9-11-24-12-10-19)13-20-16-7-3-1-5-14(16)15-6-2-4-8-17(15)25(20,22)23/h1-8H,9-13H2. The Balaban J connectivity index is 1.76. The number of benzene rings is 2. The van der Waals surface area contributed by atoms with Crippen molar-refractivity contribution in [2.45, 2.75) is 4.90 Å². The highest BCUT2D eigenvalue weighted by molar-refractivity contribution is 7.93. The lowest BCUT2D eigenvalue weighted by Crippen LogP contribution is -2.47. The maximum Gasteiger partial charge on any atom is 0.265 e. The van der Waals surface area contributed by atoms with Crippen molar-refractivity contribution >= 4 is 21.6 Å². The Morgan fingerprint density at radius 3 is 2.36 bits per heavy atom. The van der Waals surface area contributed by atoms with E-state index in [9.17, 15) is 13.2 Å². The van der Waals surface area contributed by atoms with E-state index in [2.05, 4.69) is 0 Å². The Morgan fingerprint density at radius 2 is 1.60 bits per heavy atom. The highest BCUT2D eigenvalue weighted by Crippen LogP contribution is 2.42. The molecule has 6 nitrogen and oxygen atoms in total. The zero-order valence-corrected chi connectivity index (χ0v) is 14.4. The molecular formula is C18H18N2O4S. The molecule has 2 aromatic carbocycles. The summed E-state index contributed by atoms with van der Waals surface area (Å²) in [5.74, 6) is -0.207. The van der Waals surface area contributed by atoms with Crippen molar-refractivity contribution in [3.63, 3.8) is 0 Å². The molecule has 0 spiro atoms. The van der Waals surface area contributed by atoms with Gasteiger partial charge in [0, 0.05) is 24.2 Å². The van der Waals surface area contributed by atoms with Crippen molar-refractivity contribution in [3.8, 4) is 11.1 Å². The third kappa shape index (κ3) is 2.69. The average molecular weight is 358 g/mol. The summed E-state index contributed by atoms with van der Waals surface area (Å²) < 4.78 is 32.7. The number of sulfonamides is 1. The summed E-state index contributed by atoms with van der Waals surface area (Å²) in [6.07, 6.45) is 0. The Kier molecular flexibility index (Phi) is 3.97. The number of carbonyl (C=O) groups excluding carboxylic acids is 1. The van der Waals surface area contributed by atoms with Gasteiger partial charge in [0.25, 0.3) is 10.0 Å². The lowest BCUT2D eigenvalue weighted by molar-refractivity contribution is -0.133. The van der Waals surface area contributed by atoms with Gasteiger partial charge in [-0.1, -0.05) is 36.4 Å². The number of para-hydroxylation sites is 1. The number of morpholine rings is 1. The summed E-state index contributed by atoms with van der Waals surface area (Å²) >= 11 is 0. The maximum atomic E-state index is 13.1. The van der Waals surface area contributed by atoms with Crippen LogP contribution in [0, 0.1) is 0 Å². The van der Waals surface area contributed by atoms with E-state index in [1.165, 1.54) is 4.31 Å². The molecule has 1 amide bonds. The molecule has 4 rings (SSSR count). The summed E-state index contributed by atoms with van der Waals surface area (Å²) in [6, 6.07) is 14.2. The van der Waals surface area contributed by atoms with Crippen molar-refractivity contribution in [2.75, 3.05) is 37.2 Å². The van der Waals surface area contributed by atoms with Gasteiger partial charge in [-0.15, -0.1) is 0 Å². The van der Waals surface area contributed by atoms with Gasteiger partial charge in [0.15, 0.2) is 0 Å². The first-order chi connectivity index (χ1) is 12.1. The quantitative estimate of drug-likeness (QED) is 0.820. The van der Waals surface area contributed by atoms with Crippen LogP contribution in [0.3, 0.4) is 0 Å². The van der Waals surface area contributed by atoms with E-state index in [0.29, 0.717) is 37.6 Å². The average Bonchev–Trinajstić information content (AvgIpc) is 2.66. The van der Waals surface area contributed by atoms with Crippen LogP contribution in [0.2, 0.25) is 0 Å². The molecule has 7 heteroatoms. The molecule has 0 bridgehead atoms. The van der Waals surface area contributed by atoms with Gasteiger partial charge < -0.3 is 9.64 Å². The first-order valence-corrected chi connectivity index (χ1v) is 9.60. The third-order valence-electron chi connectivity index (χ3n) is 4.56. The number of amides is 1. The molecule has 0 aliphatic carbocycles. The van der Waals surface area contributed by atoms with E-state index < -0.39 is 10.0 Å². The number of carbonyl (C=O) groups is 1. The summed E-state index contributed by atoms with van der Waals surface area (Å²) in [4.78, 5) is 14.5. The smallest absolute Gasteiger partial charge is 0.265 e. The van der Waals surface area contributed by atoms with E-state index in [1.54, 1.807) is 35.2 Å². The Labute approximate surface area is 146 Å². The summed E-state index contributed by atoms with van der Waals surface area (Å²) in [5.41, 5.74) is 2.04. The summed E-state index contributed by atoms with van der Waals surface area (Å²) in [7, 11) is -3.78. The highest BCUT2D eigenvalue weighted by Gasteiger charge is 2.36. The number of hydrogen-bond acceptors (Lipinski definition) is 4. The summed E-state index contributed by atoms with van der Waals surface area (Å²) in [5, 5.41) is 0. The molecule has 0 aromatic heterocycles. The van der Waals surface area contributed by atoms with E-state index in [1.807, 2.05) is 18.2 Å². The predicted octanol–water partition coefficient (Wildman–Crippen LogP) is 1.72. The highest BCUT2D eigenvalue weighted by atomic mass is 32.2. The van der Waals surface area contributed by atoms with Gasteiger partial charge >= 0.3 is 0 Å². The maximum absolute atomic E-state index is 13.1. The number of nitrogens with zero attached hydrogens (tertiary/aromatic N) is 2. The first kappa shape index (κ1) is 16.1. The number of anilines is 1. The molecule has 2 aliphatic heterocycles. The zero-order valence-electron chi connectivity index (χ0n) is 13.6. The topological polar surface area (TPSA) is 66.9 Å². The van der Waals surface area contributed by atoms with Gasteiger partial charge in [0.05, 0.1) is 23.8 Å². The summed E-state index contributed by atoms with van der Waals surface area (Å²) in [6.45, 7) is 1.75. The molecule has 2 heterocycles. The molecule has 0 N–H and O–H groups in total. The minimum Gasteiger partial charge on any atom is -0.378 e. The molecule has 0 saturated carbocycles. The van der Waals surface area contributed by atoms with Crippen molar-refractivity contribution in [3.05, 3.63) is 48.5 Å². The van der Waals surface area contributed by atoms with Gasteiger partial charge in [-0.05, 0) is 12.1 Å². The minimum absolute atomic E-state index is 0.201. The van der Waals surface area contributed by atoms with E-state index >= 15 is 0 Å². The Morgan fingerprint density at radius 1 is 0.960 bits per heavy atom. The predicted molar refractivity (Wildman–Crippen MR) is 93.8 cm³/mol. The molecule has 1 saturated heterocycles. The van der Waals surface area contributed by atoms with Crippen LogP contribution in [-0.2, 0) is 19.6 Å². The molecule has 0 atom stereocenters. The normalized spacial score (nSPS) is 18.4. The second kappa shape index (κ2) is 6.16. The van der Waals surface area contributed by atoms with Crippen molar-refractivity contribution < 1.29 is 17.9 Å². The second-order valence-electron chi connectivity index (χ2n) is 6.02. The number of fused-ring (bicyclic) bond motifs is 3. The number of ether oxygens (including phenoxy) is 1. The van der Waals surface area contributed by atoms with E-state index in [4.69, 9.17) is 4.74 Å². The SMILES string of the molecule is O=C(CN1c2ccccc2-c2ccccc2S1(=O)=O)N1CCOCC1. The lowest BCUT2D eigenvalue weighted by Gasteiger charge is -2.34. The van der Waals surface area contributed by atoms with Crippen molar-refractivity contribution in [1.29, 1.82) is 0 Å². The molecular weight excluding hydrogens is 340 g/mol. The fourth-order valence-corrected chi connectivity index (χ4v) is 4.93. The van der Waals surface area contributed by atoms with Crippen LogP contribution in [0.15, 0.2) is 53.4 Å². The van der Waals surface area contributed by atoms with Gasteiger partial charge in [-0.25, -0.2) is 8.42 Å². The molecule has 0 unspecified atom stereocenters. The van der Waals surface area contributed by atoms with Crippen LogP contribution in [-0.4, -0.2) is 52.1 Å². The fraction of sp³-hybridized carbons (Fsp3) is 0.278. The Hall–Kier alpha value is -2.38. The van der Waals surface area contributed by atoms with Gasteiger partial charge in [0.1, 0.15) is 6.54 Å². The number of rotatable bonds is 2. The molecule has 25 heavy (non-hydrogen) atoms. The first-order valence-electron chi connectivity index (χ1n) is 8.16. The van der Waals surface area contributed by atoms with Gasteiger partial charge in [0.2, 0.25) is 5.91 Å². The van der Waals surface area contributed by atoms with Gasteiger partial charge in [-0.3, -0.25) is 9.10 Å². The van der Waals surface area contributed by atoms with Crippen LogP contribution in [0.1, 0.15) is 0 Å². The largest absolute Gasteiger partial charge is 0.378 e. The van der Waals surface area contributed by atoms with Crippen LogP contribution in [0.25, 0.3) is 11.1 Å². The van der Waals surface area contributed by atoms with Crippen LogP contribution < -0.4 is 4.31 Å². The Bertz CT molecular complexity index is 920. The van der Waals surface area contributed by atoms with E-state index in [-0.39, 0.29) is 17.3 Å². The van der Waals surface area contributed by atoms with Crippen LogP contribution in [0.5, 0.6) is 0 Å². The lowest BCUT2D eigenvalue weighted by atomic mass is 10.0. The van der Waals surface area contributed by atoms with Crippen molar-refractivity contribution in [1.82, 2.24) is 4.90 Å². The van der Waals surface area contributed by atoms with E-state index in [0.717, 1.165) is 5.56 Å². The van der Waals surface area contributed by atoms with Crippen molar-refractivity contribution in [2.24, 2.45) is 0 Å². The molecule has 1 fully saturated rings. The second-order valence-corrected chi connectivity index (χ2v) is 7.85. The minimum atomic E-state index is -3.78. The molecule has 130 valence electrons. The zero-order chi connectivity index (χ0) is 17.4. The fourth-order valence-electron chi connectivity index (χ4n) is 3.29.